The SMILES string of the molecule is CCCOc1ccc(NC(=O)[C@](C)(CC(C)C)OC)cc1. The Morgan fingerprint density at radius 2 is 1.90 bits per heavy atom. The van der Waals surface area contributed by atoms with Crippen molar-refractivity contribution < 1.29 is 14.3 Å². The molecule has 0 saturated heterocycles. The molecule has 1 atom stereocenters. The first kappa shape index (κ1) is 17.5. The maximum Gasteiger partial charge on any atom is 0.256 e. The Morgan fingerprint density at radius 1 is 1.29 bits per heavy atom. The molecule has 0 aliphatic rings. The average Bonchev–Trinajstić information content (AvgIpc) is 2.45. The van der Waals surface area contributed by atoms with Crippen LogP contribution in [-0.2, 0) is 9.53 Å². The number of rotatable bonds is 8. The summed E-state index contributed by atoms with van der Waals surface area (Å²) in [5.41, 5.74) is -0.0678. The number of anilines is 1. The fraction of sp³-hybridized carbons (Fsp3) is 0.588. The first-order valence-electron chi connectivity index (χ1n) is 7.50. The summed E-state index contributed by atoms with van der Waals surface area (Å²) >= 11 is 0. The van der Waals surface area contributed by atoms with Gasteiger partial charge < -0.3 is 14.8 Å². The summed E-state index contributed by atoms with van der Waals surface area (Å²) in [7, 11) is 1.57. The Bertz CT molecular complexity index is 442. The van der Waals surface area contributed by atoms with Gasteiger partial charge in [-0.1, -0.05) is 20.8 Å². The molecule has 0 aliphatic heterocycles. The number of carbonyl (C=O) groups is 1. The van der Waals surface area contributed by atoms with Crippen molar-refractivity contribution in [1.29, 1.82) is 0 Å². The van der Waals surface area contributed by atoms with E-state index in [1.54, 1.807) is 7.11 Å². The van der Waals surface area contributed by atoms with Crippen LogP contribution in [0.3, 0.4) is 0 Å². The lowest BCUT2D eigenvalue weighted by Gasteiger charge is -2.28. The van der Waals surface area contributed by atoms with E-state index < -0.39 is 5.60 Å². The predicted molar refractivity (Wildman–Crippen MR) is 85.7 cm³/mol. The molecule has 1 rings (SSSR count). The molecule has 1 N–H and O–H groups in total. The van der Waals surface area contributed by atoms with Crippen LogP contribution in [0.2, 0.25) is 0 Å². The quantitative estimate of drug-likeness (QED) is 0.791. The van der Waals surface area contributed by atoms with Gasteiger partial charge in [0, 0.05) is 12.8 Å². The third kappa shape index (κ3) is 5.38. The van der Waals surface area contributed by atoms with Gasteiger partial charge in [0.25, 0.3) is 5.91 Å². The van der Waals surface area contributed by atoms with E-state index in [9.17, 15) is 4.79 Å². The summed E-state index contributed by atoms with van der Waals surface area (Å²) in [6.07, 6.45) is 1.65. The normalized spacial score (nSPS) is 13.8. The van der Waals surface area contributed by atoms with Gasteiger partial charge in [0.15, 0.2) is 0 Å². The van der Waals surface area contributed by atoms with Crippen molar-refractivity contribution >= 4 is 11.6 Å². The van der Waals surface area contributed by atoms with Gasteiger partial charge in [0.05, 0.1) is 6.61 Å². The van der Waals surface area contributed by atoms with E-state index in [2.05, 4.69) is 26.1 Å². The highest BCUT2D eigenvalue weighted by molar-refractivity contribution is 5.97. The highest BCUT2D eigenvalue weighted by Crippen LogP contribution is 2.23. The van der Waals surface area contributed by atoms with Crippen molar-refractivity contribution in [2.45, 2.75) is 46.1 Å². The number of hydrogen-bond acceptors (Lipinski definition) is 3. The second-order valence-corrected chi connectivity index (χ2v) is 5.86. The summed E-state index contributed by atoms with van der Waals surface area (Å²) < 4.78 is 10.9. The summed E-state index contributed by atoms with van der Waals surface area (Å²) in [6, 6.07) is 7.40. The van der Waals surface area contributed by atoms with Crippen LogP contribution in [0.1, 0.15) is 40.5 Å². The minimum absolute atomic E-state index is 0.124. The molecule has 0 heterocycles. The van der Waals surface area contributed by atoms with Crippen molar-refractivity contribution in [2.75, 3.05) is 19.0 Å². The molecule has 0 unspecified atom stereocenters. The van der Waals surface area contributed by atoms with Gasteiger partial charge in [-0.15, -0.1) is 0 Å². The topological polar surface area (TPSA) is 47.6 Å². The van der Waals surface area contributed by atoms with E-state index in [4.69, 9.17) is 9.47 Å². The number of carbonyl (C=O) groups excluding carboxylic acids is 1. The van der Waals surface area contributed by atoms with Crippen molar-refractivity contribution in [3.63, 3.8) is 0 Å². The lowest BCUT2D eigenvalue weighted by molar-refractivity contribution is -0.137. The zero-order chi connectivity index (χ0) is 15.9. The van der Waals surface area contributed by atoms with Gasteiger partial charge in [-0.3, -0.25) is 4.79 Å². The third-order valence-electron chi connectivity index (χ3n) is 3.31. The molecule has 0 radical (unpaired) electrons. The monoisotopic (exact) mass is 293 g/mol. The Hall–Kier alpha value is -1.55. The molecular weight excluding hydrogens is 266 g/mol. The van der Waals surface area contributed by atoms with Crippen LogP contribution in [0, 0.1) is 5.92 Å². The molecule has 0 saturated carbocycles. The van der Waals surface area contributed by atoms with Crippen molar-refractivity contribution in [2.24, 2.45) is 5.92 Å². The third-order valence-corrected chi connectivity index (χ3v) is 3.31. The van der Waals surface area contributed by atoms with E-state index in [1.165, 1.54) is 0 Å². The Morgan fingerprint density at radius 3 is 2.38 bits per heavy atom. The fourth-order valence-electron chi connectivity index (χ4n) is 2.17. The minimum atomic E-state index is -0.814. The Balaban J connectivity index is 2.68. The molecule has 1 aromatic carbocycles. The lowest BCUT2D eigenvalue weighted by Crippen LogP contribution is -2.43. The number of nitrogens with one attached hydrogen (secondary N) is 1. The highest BCUT2D eigenvalue weighted by atomic mass is 16.5. The maximum absolute atomic E-state index is 12.4. The second kappa shape index (κ2) is 8.03. The molecule has 1 aromatic rings. The largest absolute Gasteiger partial charge is 0.494 e. The van der Waals surface area contributed by atoms with Crippen molar-refractivity contribution in [1.82, 2.24) is 0 Å². The maximum atomic E-state index is 12.4. The smallest absolute Gasteiger partial charge is 0.256 e. The highest BCUT2D eigenvalue weighted by Gasteiger charge is 2.33. The Labute approximate surface area is 127 Å². The van der Waals surface area contributed by atoms with E-state index in [0.717, 1.165) is 17.9 Å². The van der Waals surface area contributed by atoms with Crippen LogP contribution < -0.4 is 10.1 Å². The lowest BCUT2D eigenvalue weighted by atomic mass is 9.93. The standard InChI is InChI=1S/C17H27NO3/c1-6-11-21-15-9-7-14(8-10-15)18-16(19)17(4,20-5)12-13(2)3/h7-10,13H,6,11-12H2,1-5H3,(H,18,19)/t17-/m0/s1. The summed E-state index contributed by atoms with van der Waals surface area (Å²) in [5.74, 6) is 1.07. The van der Waals surface area contributed by atoms with Crippen LogP contribution in [0.15, 0.2) is 24.3 Å². The molecular formula is C17H27NO3. The van der Waals surface area contributed by atoms with Gasteiger partial charge in [-0.2, -0.15) is 0 Å². The average molecular weight is 293 g/mol. The van der Waals surface area contributed by atoms with Crippen molar-refractivity contribution in [3.8, 4) is 5.75 Å². The van der Waals surface area contributed by atoms with E-state index in [1.807, 2.05) is 31.2 Å². The van der Waals surface area contributed by atoms with Crippen LogP contribution in [0.25, 0.3) is 0 Å². The van der Waals surface area contributed by atoms with Crippen molar-refractivity contribution in [3.05, 3.63) is 24.3 Å². The van der Waals surface area contributed by atoms with E-state index >= 15 is 0 Å². The summed E-state index contributed by atoms with van der Waals surface area (Å²) in [6.45, 7) is 8.73. The van der Waals surface area contributed by atoms with Gasteiger partial charge in [0.1, 0.15) is 11.4 Å². The van der Waals surface area contributed by atoms with Crippen LogP contribution in [-0.4, -0.2) is 25.2 Å². The molecule has 1 amide bonds. The second-order valence-electron chi connectivity index (χ2n) is 5.86. The molecule has 118 valence electrons. The first-order valence-corrected chi connectivity index (χ1v) is 7.50. The number of amides is 1. The molecule has 4 heteroatoms. The fourth-order valence-corrected chi connectivity index (χ4v) is 2.17. The van der Waals surface area contributed by atoms with Gasteiger partial charge in [0.2, 0.25) is 0 Å². The van der Waals surface area contributed by atoms with Crippen LogP contribution in [0.5, 0.6) is 5.75 Å². The number of ether oxygens (including phenoxy) is 2. The number of hydrogen-bond donors (Lipinski definition) is 1. The Kier molecular flexibility index (Phi) is 6.69. The molecule has 0 spiro atoms. The van der Waals surface area contributed by atoms with Gasteiger partial charge in [-0.05, 0) is 49.9 Å². The molecule has 0 aliphatic carbocycles. The van der Waals surface area contributed by atoms with Gasteiger partial charge in [-0.25, -0.2) is 0 Å². The number of benzene rings is 1. The molecule has 0 bridgehead atoms. The van der Waals surface area contributed by atoms with E-state index in [-0.39, 0.29) is 5.91 Å². The summed E-state index contributed by atoms with van der Waals surface area (Å²) in [5, 5.41) is 2.90. The molecule has 4 nitrogen and oxygen atoms in total. The summed E-state index contributed by atoms with van der Waals surface area (Å²) in [4.78, 5) is 12.4. The molecule has 0 aromatic heterocycles. The zero-order valence-electron chi connectivity index (χ0n) is 13.7. The molecule has 0 fully saturated rings. The minimum Gasteiger partial charge on any atom is -0.494 e. The predicted octanol–water partition coefficient (Wildman–Crippen LogP) is 3.87. The molecule has 21 heavy (non-hydrogen) atoms. The number of methoxy groups -OCH3 is 1. The van der Waals surface area contributed by atoms with Crippen LogP contribution in [0.4, 0.5) is 5.69 Å². The van der Waals surface area contributed by atoms with Gasteiger partial charge >= 0.3 is 0 Å². The first-order chi connectivity index (χ1) is 9.91. The zero-order valence-corrected chi connectivity index (χ0v) is 13.7. The van der Waals surface area contributed by atoms with Crippen LogP contribution >= 0.6 is 0 Å². The van der Waals surface area contributed by atoms with E-state index in [0.29, 0.717) is 18.9 Å².